The summed E-state index contributed by atoms with van der Waals surface area (Å²) in [6, 6.07) is 10.3. The van der Waals surface area contributed by atoms with Crippen LogP contribution in [0.15, 0.2) is 30.3 Å². The average molecular weight is 333 g/mol. The highest BCUT2D eigenvalue weighted by Crippen LogP contribution is 2.18. The molecule has 0 aliphatic carbocycles. The third-order valence-corrected chi connectivity index (χ3v) is 4.58. The monoisotopic (exact) mass is 333 g/mol. The van der Waals surface area contributed by atoms with E-state index in [0.717, 1.165) is 32.5 Å². The van der Waals surface area contributed by atoms with Gasteiger partial charge in [0, 0.05) is 40.3 Å². The summed E-state index contributed by atoms with van der Waals surface area (Å²) in [4.78, 5) is 18.2. The lowest BCUT2D eigenvalue weighted by Crippen LogP contribution is -2.46. The molecular formula is C19H31N3O2. The molecule has 1 fully saturated rings. The van der Waals surface area contributed by atoms with Crippen molar-refractivity contribution in [2.75, 3.05) is 47.3 Å². The van der Waals surface area contributed by atoms with E-state index in [2.05, 4.69) is 21.9 Å². The lowest BCUT2D eigenvalue weighted by Gasteiger charge is -2.34. The van der Waals surface area contributed by atoms with Crippen LogP contribution in [-0.4, -0.2) is 79.1 Å². The van der Waals surface area contributed by atoms with Gasteiger partial charge in [-0.1, -0.05) is 30.3 Å². The summed E-state index contributed by atoms with van der Waals surface area (Å²) in [6.45, 7) is 3.83. The van der Waals surface area contributed by atoms with Crippen LogP contribution in [0.1, 0.15) is 18.4 Å². The van der Waals surface area contributed by atoms with Gasteiger partial charge in [-0.3, -0.25) is 14.6 Å². The minimum atomic E-state index is -0.396. The number of hydrogen-bond acceptors (Lipinski definition) is 4. The summed E-state index contributed by atoms with van der Waals surface area (Å²) >= 11 is 0. The van der Waals surface area contributed by atoms with Crippen molar-refractivity contribution in [3.63, 3.8) is 0 Å². The third kappa shape index (κ3) is 5.89. The van der Waals surface area contributed by atoms with Crippen molar-refractivity contribution in [1.82, 2.24) is 14.7 Å². The maximum Gasteiger partial charge on any atom is 0.226 e. The number of aliphatic hydroxyl groups excluding tert-OH is 1. The molecule has 2 rings (SSSR count). The summed E-state index contributed by atoms with van der Waals surface area (Å²) in [7, 11) is 5.66. The fraction of sp³-hybridized carbons (Fsp3) is 0.632. The van der Waals surface area contributed by atoms with Crippen molar-refractivity contribution in [1.29, 1.82) is 0 Å². The van der Waals surface area contributed by atoms with Gasteiger partial charge in [-0.05, 0) is 32.0 Å². The van der Waals surface area contributed by atoms with Gasteiger partial charge in [0.05, 0.1) is 12.0 Å². The molecule has 5 nitrogen and oxygen atoms in total. The van der Waals surface area contributed by atoms with E-state index < -0.39 is 6.10 Å². The molecule has 2 unspecified atom stereocenters. The molecule has 1 heterocycles. The fourth-order valence-electron chi connectivity index (χ4n) is 3.46. The highest BCUT2D eigenvalue weighted by Gasteiger charge is 2.27. The van der Waals surface area contributed by atoms with E-state index in [1.54, 1.807) is 4.90 Å². The maximum atomic E-state index is 12.1. The largest absolute Gasteiger partial charge is 0.390 e. The number of aliphatic hydroxyl groups is 1. The summed E-state index contributed by atoms with van der Waals surface area (Å²) in [5.41, 5.74) is 1.25. The van der Waals surface area contributed by atoms with Crippen LogP contribution in [0.2, 0.25) is 0 Å². The van der Waals surface area contributed by atoms with E-state index in [9.17, 15) is 9.90 Å². The molecule has 1 N–H and O–H groups in total. The maximum absolute atomic E-state index is 12.1. The first-order valence-corrected chi connectivity index (χ1v) is 8.79. The second kappa shape index (κ2) is 9.16. The number of nitrogens with zero attached hydrogens (tertiary/aromatic N) is 3. The highest BCUT2D eigenvalue weighted by atomic mass is 16.3. The van der Waals surface area contributed by atoms with Gasteiger partial charge in [-0.15, -0.1) is 0 Å². The Morgan fingerprint density at radius 2 is 2.00 bits per heavy atom. The quantitative estimate of drug-likeness (QED) is 0.817. The van der Waals surface area contributed by atoms with E-state index >= 15 is 0 Å². The van der Waals surface area contributed by atoms with Gasteiger partial charge in [-0.25, -0.2) is 0 Å². The Kier molecular flexibility index (Phi) is 7.21. The minimum absolute atomic E-state index is 0.0722. The standard InChI is InChI=1S/C19H31N3O2/c1-20(2)19(24)17-10-7-11-22(13-17)15-18(23)14-21(3)12-16-8-5-4-6-9-16/h4-6,8-9,17-18,23H,7,10-15H2,1-3H3. The molecule has 0 aromatic heterocycles. The summed E-state index contributed by atoms with van der Waals surface area (Å²) in [5.74, 6) is 0.276. The van der Waals surface area contributed by atoms with Crippen LogP contribution < -0.4 is 0 Å². The van der Waals surface area contributed by atoms with Crippen molar-refractivity contribution in [3.8, 4) is 0 Å². The Morgan fingerprint density at radius 3 is 2.67 bits per heavy atom. The summed E-state index contributed by atoms with van der Waals surface area (Å²) in [6.07, 6.45) is 1.58. The zero-order chi connectivity index (χ0) is 17.5. The smallest absolute Gasteiger partial charge is 0.226 e. The van der Waals surface area contributed by atoms with Gasteiger partial charge in [0.25, 0.3) is 0 Å². The molecule has 0 radical (unpaired) electrons. The lowest BCUT2D eigenvalue weighted by molar-refractivity contribution is -0.135. The Balaban J connectivity index is 1.77. The molecule has 5 heteroatoms. The zero-order valence-corrected chi connectivity index (χ0v) is 15.2. The number of likely N-dealkylation sites (tertiary alicyclic amines) is 1. The van der Waals surface area contributed by atoms with Gasteiger partial charge in [0.15, 0.2) is 0 Å². The van der Waals surface area contributed by atoms with E-state index in [1.165, 1.54) is 5.56 Å². The van der Waals surface area contributed by atoms with Crippen LogP contribution in [-0.2, 0) is 11.3 Å². The summed E-state index contributed by atoms with van der Waals surface area (Å²) < 4.78 is 0. The van der Waals surface area contributed by atoms with Gasteiger partial charge < -0.3 is 10.0 Å². The molecule has 1 aromatic rings. The van der Waals surface area contributed by atoms with Crippen molar-refractivity contribution in [2.45, 2.75) is 25.5 Å². The minimum Gasteiger partial charge on any atom is -0.390 e. The lowest BCUT2D eigenvalue weighted by atomic mass is 9.96. The number of rotatable bonds is 7. The van der Waals surface area contributed by atoms with Crippen LogP contribution in [0.25, 0.3) is 0 Å². The second-order valence-electron chi connectivity index (χ2n) is 7.17. The highest BCUT2D eigenvalue weighted by molar-refractivity contribution is 5.78. The van der Waals surface area contributed by atoms with Gasteiger partial charge in [0.2, 0.25) is 5.91 Å². The predicted octanol–water partition coefficient (Wildman–Crippen LogP) is 1.28. The van der Waals surface area contributed by atoms with Crippen molar-refractivity contribution < 1.29 is 9.90 Å². The number of hydrogen-bond donors (Lipinski definition) is 1. The van der Waals surface area contributed by atoms with Crippen LogP contribution in [0.5, 0.6) is 0 Å². The van der Waals surface area contributed by atoms with Crippen molar-refractivity contribution >= 4 is 5.91 Å². The molecule has 0 bridgehead atoms. The number of benzene rings is 1. The molecule has 1 saturated heterocycles. The SMILES string of the molecule is CN(Cc1ccccc1)CC(O)CN1CCCC(C(=O)N(C)C)C1. The van der Waals surface area contributed by atoms with Crippen LogP contribution in [0, 0.1) is 5.92 Å². The van der Waals surface area contributed by atoms with E-state index in [0.29, 0.717) is 13.1 Å². The molecule has 1 aliphatic rings. The van der Waals surface area contributed by atoms with E-state index in [1.807, 2.05) is 39.3 Å². The molecule has 24 heavy (non-hydrogen) atoms. The number of carbonyl (C=O) groups is 1. The Bertz CT molecular complexity index is 507. The predicted molar refractivity (Wildman–Crippen MR) is 96.6 cm³/mol. The van der Waals surface area contributed by atoms with Crippen molar-refractivity contribution in [3.05, 3.63) is 35.9 Å². The van der Waals surface area contributed by atoms with Crippen molar-refractivity contribution in [2.24, 2.45) is 5.92 Å². The molecule has 1 amide bonds. The van der Waals surface area contributed by atoms with Crippen LogP contribution in [0.3, 0.4) is 0 Å². The van der Waals surface area contributed by atoms with Crippen LogP contribution in [0.4, 0.5) is 0 Å². The Labute approximate surface area is 145 Å². The van der Waals surface area contributed by atoms with E-state index in [4.69, 9.17) is 0 Å². The molecular weight excluding hydrogens is 302 g/mol. The number of piperidine rings is 1. The topological polar surface area (TPSA) is 47.0 Å². The third-order valence-electron chi connectivity index (χ3n) is 4.58. The average Bonchev–Trinajstić information content (AvgIpc) is 2.54. The Morgan fingerprint density at radius 1 is 1.29 bits per heavy atom. The first-order chi connectivity index (χ1) is 11.5. The number of amides is 1. The first kappa shape index (κ1) is 18.9. The Hall–Kier alpha value is -1.43. The fourth-order valence-corrected chi connectivity index (χ4v) is 3.46. The molecule has 1 aromatic carbocycles. The van der Waals surface area contributed by atoms with Gasteiger partial charge >= 0.3 is 0 Å². The van der Waals surface area contributed by atoms with Crippen LogP contribution >= 0.6 is 0 Å². The molecule has 1 aliphatic heterocycles. The first-order valence-electron chi connectivity index (χ1n) is 8.79. The molecule has 2 atom stereocenters. The molecule has 0 saturated carbocycles. The summed E-state index contributed by atoms with van der Waals surface area (Å²) in [5, 5.41) is 10.4. The number of β-amino-alcohol motifs (C(OH)–C–C–N with tert-alkyl or cyclic N) is 1. The van der Waals surface area contributed by atoms with Gasteiger partial charge in [-0.2, -0.15) is 0 Å². The number of likely N-dealkylation sites (N-methyl/N-ethyl adjacent to an activating group) is 1. The molecule has 134 valence electrons. The normalized spacial score (nSPS) is 20.1. The second-order valence-corrected chi connectivity index (χ2v) is 7.17. The van der Waals surface area contributed by atoms with E-state index in [-0.39, 0.29) is 11.8 Å². The molecule has 0 spiro atoms. The number of carbonyl (C=O) groups excluding carboxylic acids is 1. The van der Waals surface area contributed by atoms with Gasteiger partial charge in [0.1, 0.15) is 0 Å². The zero-order valence-electron chi connectivity index (χ0n) is 15.2.